The topological polar surface area (TPSA) is 95.2 Å². The van der Waals surface area contributed by atoms with E-state index in [4.69, 9.17) is 19.3 Å². The Morgan fingerprint density at radius 1 is 1.17 bits per heavy atom. The second-order valence-electron chi connectivity index (χ2n) is 9.96. The number of oxime groups is 1. The zero-order valence-corrected chi connectivity index (χ0v) is 21.9. The van der Waals surface area contributed by atoms with Crippen molar-refractivity contribution in [3.63, 3.8) is 0 Å². The molecule has 10 heteroatoms. The highest BCUT2D eigenvalue weighted by Gasteiger charge is 2.39. The van der Waals surface area contributed by atoms with E-state index in [1.807, 2.05) is 25.1 Å². The Labute approximate surface area is 208 Å². The summed E-state index contributed by atoms with van der Waals surface area (Å²) in [6, 6.07) is 5.62. The molecular formula is C25H30N6O3S. The summed E-state index contributed by atoms with van der Waals surface area (Å²) in [6.45, 7) is 10.9. The minimum Gasteiger partial charge on any atom is -0.493 e. The predicted octanol–water partition coefficient (Wildman–Crippen LogP) is 4.46. The Bertz CT molecular complexity index is 1450. The van der Waals surface area contributed by atoms with Gasteiger partial charge in [-0.15, -0.1) is 16.4 Å². The summed E-state index contributed by atoms with van der Waals surface area (Å²) in [5.74, 6) is 1.85. The van der Waals surface area contributed by atoms with Crippen LogP contribution in [0.5, 0.6) is 11.5 Å². The lowest BCUT2D eigenvalue weighted by Crippen LogP contribution is -2.54. The normalized spacial score (nSPS) is 16.9. The maximum atomic E-state index is 5.62. The fraction of sp³-hybridized carbons (Fsp3) is 0.440. The highest BCUT2D eigenvalue weighted by molar-refractivity contribution is 7.19. The highest BCUT2D eigenvalue weighted by atomic mass is 32.1. The van der Waals surface area contributed by atoms with Crippen molar-refractivity contribution in [1.82, 2.24) is 24.9 Å². The van der Waals surface area contributed by atoms with Crippen LogP contribution in [0, 0.1) is 0 Å². The maximum absolute atomic E-state index is 5.62. The minimum atomic E-state index is -0.137. The Kier molecular flexibility index (Phi) is 5.68. The van der Waals surface area contributed by atoms with Crippen molar-refractivity contribution in [2.24, 2.45) is 5.16 Å². The quantitative estimate of drug-likeness (QED) is 0.312. The van der Waals surface area contributed by atoms with Gasteiger partial charge in [0, 0.05) is 21.5 Å². The van der Waals surface area contributed by atoms with Crippen LogP contribution in [0.3, 0.4) is 0 Å². The summed E-state index contributed by atoms with van der Waals surface area (Å²) < 4.78 is 12.4. The summed E-state index contributed by atoms with van der Waals surface area (Å²) in [5, 5.41) is 13.7. The summed E-state index contributed by atoms with van der Waals surface area (Å²) in [7, 11) is 3.21. The third-order valence-corrected chi connectivity index (χ3v) is 7.67. The molecule has 1 aromatic carbocycles. The Morgan fingerprint density at radius 3 is 2.69 bits per heavy atom. The molecule has 0 saturated carbocycles. The second-order valence-corrected chi connectivity index (χ2v) is 11.0. The Balaban J connectivity index is 1.43. The van der Waals surface area contributed by atoms with Crippen LogP contribution in [0.1, 0.15) is 56.4 Å². The molecule has 5 rings (SSSR count). The van der Waals surface area contributed by atoms with Gasteiger partial charge in [0.1, 0.15) is 11.2 Å². The van der Waals surface area contributed by atoms with Crippen LogP contribution in [-0.2, 0) is 23.4 Å². The number of hydrogen-bond acceptors (Lipinski definition) is 9. The third kappa shape index (κ3) is 4.21. The van der Waals surface area contributed by atoms with Crippen molar-refractivity contribution in [3.05, 3.63) is 46.4 Å². The van der Waals surface area contributed by atoms with E-state index in [0.29, 0.717) is 23.0 Å². The van der Waals surface area contributed by atoms with Gasteiger partial charge in [-0.1, -0.05) is 5.16 Å². The molecule has 0 unspecified atom stereocenters. The first-order chi connectivity index (χ1) is 16.6. The summed E-state index contributed by atoms with van der Waals surface area (Å²) >= 11 is 1.73. The average Bonchev–Trinajstić information content (AvgIpc) is 3.38. The molecule has 4 heterocycles. The zero-order valence-electron chi connectivity index (χ0n) is 21.1. The molecule has 35 heavy (non-hydrogen) atoms. The number of ether oxygens (including phenoxy) is 2. The molecule has 0 atom stereocenters. The van der Waals surface area contributed by atoms with Crippen LogP contribution in [-0.4, -0.2) is 45.1 Å². The lowest BCUT2D eigenvalue weighted by atomic mass is 9.82. The van der Waals surface area contributed by atoms with Crippen molar-refractivity contribution in [1.29, 1.82) is 0 Å². The van der Waals surface area contributed by atoms with Gasteiger partial charge in [0.15, 0.2) is 29.6 Å². The molecule has 0 spiro atoms. The van der Waals surface area contributed by atoms with E-state index < -0.39 is 0 Å². The predicted molar refractivity (Wildman–Crippen MR) is 137 cm³/mol. The number of fused-ring (bicyclic) bond motifs is 5. The maximum Gasteiger partial charge on any atom is 0.192 e. The molecule has 0 saturated heterocycles. The fourth-order valence-corrected chi connectivity index (χ4v) is 6.14. The lowest BCUT2D eigenvalue weighted by molar-refractivity contribution is 0.125. The van der Waals surface area contributed by atoms with Gasteiger partial charge in [-0.3, -0.25) is 0 Å². The molecule has 1 aliphatic rings. The van der Waals surface area contributed by atoms with Crippen LogP contribution in [0.15, 0.2) is 29.7 Å². The smallest absolute Gasteiger partial charge is 0.192 e. The van der Waals surface area contributed by atoms with Crippen molar-refractivity contribution in [2.75, 3.05) is 14.2 Å². The van der Waals surface area contributed by atoms with Gasteiger partial charge in [-0.25, -0.2) is 14.5 Å². The van der Waals surface area contributed by atoms with Crippen molar-refractivity contribution < 1.29 is 14.3 Å². The van der Waals surface area contributed by atoms with E-state index in [0.717, 1.165) is 27.8 Å². The number of nitrogens with zero attached hydrogens (tertiary/aromatic N) is 5. The molecule has 1 aliphatic heterocycles. The van der Waals surface area contributed by atoms with Gasteiger partial charge >= 0.3 is 0 Å². The molecule has 0 aliphatic carbocycles. The van der Waals surface area contributed by atoms with E-state index in [2.05, 4.69) is 48.3 Å². The molecular weight excluding hydrogens is 464 g/mol. The van der Waals surface area contributed by atoms with Crippen LogP contribution >= 0.6 is 11.3 Å². The third-order valence-electron chi connectivity index (χ3n) is 6.21. The van der Waals surface area contributed by atoms with Crippen LogP contribution in [0.25, 0.3) is 15.9 Å². The molecule has 3 aromatic heterocycles. The van der Waals surface area contributed by atoms with Crippen molar-refractivity contribution in [2.45, 2.75) is 58.7 Å². The fourth-order valence-electron chi connectivity index (χ4n) is 4.92. The molecule has 4 aromatic rings. The van der Waals surface area contributed by atoms with E-state index in [-0.39, 0.29) is 17.7 Å². The molecule has 1 N–H and O–H groups in total. The average molecular weight is 495 g/mol. The second kappa shape index (κ2) is 8.46. The largest absolute Gasteiger partial charge is 0.493 e. The van der Waals surface area contributed by atoms with Gasteiger partial charge < -0.3 is 19.6 Å². The van der Waals surface area contributed by atoms with E-state index in [1.54, 1.807) is 36.4 Å². The van der Waals surface area contributed by atoms with Crippen LogP contribution < -0.4 is 14.8 Å². The number of nitrogens with one attached hydrogen (secondary N) is 1. The number of rotatable bonds is 6. The highest BCUT2D eigenvalue weighted by Crippen LogP contribution is 2.44. The first-order valence-electron chi connectivity index (χ1n) is 11.5. The van der Waals surface area contributed by atoms with Crippen LogP contribution in [0.4, 0.5) is 0 Å². The molecule has 0 bridgehead atoms. The summed E-state index contributed by atoms with van der Waals surface area (Å²) in [5.41, 5.74) is 3.53. The standard InChI is InChI=1S/C25H30N6O3S/c1-14(15-8-9-17(32-6)18(10-15)33-7)29-34-12-19-27-22-20-16-11-24(2,3)30-25(4,5)21(16)35-23(20)26-13-31(22)28-19/h8-10,13,30H,11-12H2,1-7H3/b29-14+. The van der Waals surface area contributed by atoms with Gasteiger partial charge in [-0.2, -0.15) is 0 Å². The molecule has 0 amide bonds. The number of benzene rings is 1. The molecule has 184 valence electrons. The first-order valence-corrected chi connectivity index (χ1v) is 12.3. The van der Waals surface area contributed by atoms with E-state index in [1.165, 1.54) is 10.4 Å². The lowest BCUT2D eigenvalue weighted by Gasteiger charge is -2.42. The molecule has 0 radical (unpaired) electrons. The number of methoxy groups -OCH3 is 2. The zero-order chi connectivity index (χ0) is 25.0. The minimum absolute atomic E-state index is 0.0281. The Hall–Kier alpha value is -3.24. The molecule has 9 nitrogen and oxygen atoms in total. The summed E-state index contributed by atoms with van der Waals surface area (Å²) in [6.07, 6.45) is 2.63. The van der Waals surface area contributed by atoms with Gasteiger partial charge in [0.25, 0.3) is 0 Å². The van der Waals surface area contributed by atoms with Crippen molar-refractivity contribution >= 4 is 32.9 Å². The molecule has 0 fully saturated rings. The number of thiophene rings is 1. The number of aromatic nitrogens is 4. The summed E-state index contributed by atoms with van der Waals surface area (Å²) in [4.78, 5) is 17.4. The number of hydrogen-bond donors (Lipinski definition) is 1. The van der Waals surface area contributed by atoms with Crippen molar-refractivity contribution in [3.8, 4) is 11.5 Å². The van der Waals surface area contributed by atoms with Gasteiger partial charge in [-0.05, 0) is 64.8 Å². The SMILES string of the molecule is COc1ccc(/C(C)=N/OCc2nc3c4c5c(sc4ncn3n2)C(C)(C)NC(C)(C)C5)cc1OC. The van der Waals surface area contributed by atoms with Gasteiger partial charge in [0.2, 0.25) is 0 Å². The van der Waals surface area contributed by atoms with Gasteiger partial charge in [0.05, 0.1) is 25.3 Å². The van der Waals surface area contributed by atoms with Crippen LogP contribution in [0.2, 0.25) is 0 Å². The Morgan fingerprint density at radius 2 is 1.94 bits per heavy atom. The van der Waals surface area contributed by atoms with E-state index in [9.17, 15) is 0 Å². The monoisotopic (exact) mass is 494 g/mol. The van der Waals surface area contributed by atoms with E-state index >= 15 is 0 Å². The first kappa shape index (κ1) is 23.5.